The van der Waals surface area contributed by atoms with Gasteiger partial charge in [-0.25, -0.2) is 9.78 Å². The molecule has 1 heterocycles. The molecule has 0 amide bonds. The molecule has 0 aliphatic rings. The van der Waals surface area contributed by atoms with Gasteiger partial charge in [-0.1, -0.05) is 27.6 Å². The number of hydrogen-bond donors (Lipinski definition) is 1. The maximum Gasteiger partial charge on any atom is 0.358 e. The number of nitrogens with zero attached hydrogens (tertiary/aromatic N) is 1. The van der Waals surface area contributed by atoms with Crippen LogP contribution in [0.2, 0.25) is 0 Å². The standard InChI is InChI=1S/C11H8BrNO3/c1-6-2-3-8(12)7(4-6)10-9(11(14)15)13-5-16-10/h2-5H,1H3,(H,14,15). The van der Waals surface area contributed by atoms with Crippen LogP contribution >= 0.6 is 15.9 Å². The molecule has 0 saturated carbocycles. The zero-order valence-corrected chi connectivity index (χ0v) is 9.98. The minimum Gasteiger partial charge on any atom is -0.476 e. The predicted molar refractivity (Wildman–Crippen MR) is 61.3 cm³/mol. The molecule has 16 heavy (non-hydrogen) atoms. The van der Waals surface area contributed by atoms with E-state index in [1.54, 1.807) is 0 Å². The summed E-state index contributed by atoms with van der Waals surface area (Å²) in [5.41, 5.74) is 1.63. The number of carbonyl (C=O) groups is 1. The van der Waals surface area contributed by atoms with Crippen molar-refractivity contribution >= 4 is 21.9 Å². The molecule has 1 aromatic carbocycles. The second-order valence-corrected chi connectivity index (χ2v) is 4.17. The van der Waals surface area contributed by atoms with E-state index in [-0.39, 0.29) is 11.5 Å². The second kappa shape index (κ2) is 4.09. The van der Waals surface area contributed by atoms with E-state index in [0.29, 0.717) is 5.56 Å². The molecule has 4 nitrogen and oxygen atoms in total. The summed E-state index contributed by atoms with van der Waals surface area (Å²) in [5, 5.41) is 8.94. The zero-order valence-electron chi connectivity index (χ0n) is 8.40. The van der Waals surface area contributed by atoms with Crippen LogP contribution in [0.15, 0.2) is 33.5 Å². The minimum absolute atomic E-state index is 0.0775. The first-order chi connectivity index (χ1) is 7.59. The Bertz CT molecular complexity index is 548. The number of carboxylic acid groups (broad SMARTS) is 1. The van der Waals surface area contributed by atoms with E-state index in [2.05, 4.69) is 20.9 Å². The molecule has 5 heteroatoms. The lowest BCUT2D eigenvalue weighted by Crippen LogP contribution is -1.98. The average molecular weight is 282 g/mol. The van der Waals surface area contributed by atoms with E-state index in [4.69, 9.17) is 9.52 Å². The molecule has 82 valence electrons. The van der Waals surface area contributed by atoms with Crippen molar-refractivity contribution in [3.05, 3.63) is 40.3 Å². The molecular formula is C11H8BrNO3. The number of aryl methyl sites for hydroxylation is 1. The van der Waals surface area contributed by atoms with Gasteiger partial charge in [-0.15, -0.1) is 0 Å². The number of halogens is 1. The first kappa shape index (κ1) is 10.9. The number of oxazole rings is 1. The van der Waals surface area contributed by atoms with E-state index < -0.39 is 5.97 Å². The molecule has 1 N–H and O–H groups in total. The Balaban J connectivity index is 2.62. The Labute approximate surface area is 100 Å². The smallest absolute Gasteiger partial charge is 0.358 e. The van der Waals surface area contributed by atoms with Crippen LogP contribution < -0.4 is 0 Å². The highest BCUT2D eigenvalue weighted by Crippen LogP contribution is 2.31. The van der Waals surface area contributed by atoms with Gasteiger partial charge in [0, 0.05) is 10.0 Å². The highest BCUT2D eigenvalue weighted by Gasteiger charge is 2.19. The molecule has 2 rings (SSSR count). The van der Waals surface area contributed by atoms with Crippen molar-refractivity contribution in [2.75, 3.05) is 0 Å². The maximum absolute atomic E-state index is 10.9. The Morgan fingerprint density at radius 2 is 2.25 bits per heavy atom. The molecule has 0 fully saturated rings. The van der Waals surface area contributed by atoms with Crippen molar-refractivity contribution in [1.29, 1.82) is 0 Å². The van der Waals surface area contributed by atoms with E-state index in [0.717, 1.165) is 16.4 Å². The summed E-state index contributed by atoms with van der Waals surface area (Å²) in [7, 11) is 0. The number of carboxylic acids is 1. The van der Waals surface area contributed by atoms with Gasteiger partial charge in [0.1, 0.15) is 0 Å². The maximum atomic E-state index is 10.9. The highest BCUT2D eigenvalue weighted by atomic mass is 79.9. The summed E-state index contributed by atoms with van der Waals surface area (Å²) in [4.78, 5) is 14.6. The molecule has 0 spiro atoms. The zero-order chi connectivity index (χ0) is 11.7. The summed E-state index contributed by atoms with van der Waals surface area (Å²) in [6.07, 6.45) is 1.13. The average Bonchev–Trinajstić information content (AvgIpc) is 2.70. The Morgan fingerprint density at radius 3 is 2.94 bits per heavy atom. The van der Waals surface area contributed by atoms with Crippen molar-refractivity contribution in [2.24, 2.45) is 0 Å². The van der Waals surface area contributed by atoms with Gasteiger partial charge >= 0.3 is 5.97 Å². The summed E-state index contributed by atoms with van der Waals surface area (Å²) in [6.45, 7) is 1.92. The SMILES string of the molecule is Cc1ccc(Br)c(-c2ocnc2C(=O)O)c1. The largest absolute Gasteiger partial charge is 0.476 e. The fraction of sp³-hybridized carbons (Fsp3) is 0.0909. The van der Waals surface area contributed by atoms with Crippen molar-refractivity contribution in [1.82, 2.24) is 4.98 Å². The van der Waals surface area contributed by atoms with Crippen LogP contribution in [-0.4, -0.2) is 16.1 Å². The summed E-state index contributed by atoms with van der Waals surface area (Å²) in [5.74, 6) is -0.833. The fourth-order valence-electron chi connectivity index (χ4n) is 1.40. The van der Waals surface area contributed by atoms with E-state index in [1.807, 2.05) is 25.1 Å². The number of aromatic carboxylic acids is 1. The topological polar surface area (TPSA) is 63.3 Å². The molecule has 0 aliphatic heterocycles. The Hall–Kier alpha value is -1.62. The van der Waals surface area contributed by atoms with Crippen LogP contribution in [0.5, 0.6) is 0 Å². The quantitative estimate of drug-likeness (QED) is 0.919. The van der Waals surface area contributed by atoms with Gasteiger partial charge in [0.2, 0.25) is 0 Å². The Morgan fingerprint density at radius 1 is 1.50 bits per heavy atom. The summed E-state index contributed by atoms with van der Waals surface area (Å²) >= 11 is 3.35. The predicted octanol–water partition coefficient (Wildman–Crippen LogP) is 3.11. The number of benzene rings is 1. The second-order valence-electron chi connectivity index (χ2n) is 3.32. The van der Waals surface area contributed by atoms with Crippen molar-refractivity contribution < 1.29 is 14.3 Å². The molecule has 0 radical (unpaired) electrons. The van der Waals surface area contributed by atoms with Crippen LogP contribution in [0.1, 0.15) is 16.1 Å². The summed E-state index contributed by atoms with van der Waals surface area (Å²) in [6, 6.07) is 5.61. The molecule has 0 unspecified atom stereocenters. The van der Waals surface area contributed by atoms with E-state index in [9.17, 15) is 4.79 Å². The molecule has 1 aromatic heterocycles. The minimum atomic E-state index is -1.10. The van der Waals surface area contributed by atoms with Gasteiger partial charge in [-0.3, -0.25) is 0 Å². The molecular weight excluding hydrogens is 274 g/mol. The third-order valence-electron chi connectivity index (χ3n) is 2.14. The monoisotopic (exact) mass is 281 g/mol. The molecule has 2 aromatic rings. The lowest BCUT2D eigenvalue weighted by atomic mass is 10.1. The van der Waals surface area contributed by atoms with Gasteiger partial charge < -0.3 is 9.52 Å². The third kappa shape index (κ3) is 1.86. The number of hydrogen-bond acceptors (Lipinski definition) is 3. The van der Waals surface area contributed by atoms with Crippen molar-refractivity contribution in [3.8, 4) is 11.3 Å². The van der Waals surface area contributed by atoms with Crippen molar-refractivity contribution in [2.45, 2.75) is 6.92 Å². The highest BCUT2D eigenvalue weighted by molar-refractivity contribution is 9.10. The first-order valence-corrected chi connectivity index (χ1v) is 5.32. The normalized spacial score (nSPS) is 10.4. The number of rotatable bonds is 2. The van der Waals surface area contributed by atoms with Crippen LogP contribution in [-0.2, 0) is 0 Å². The molecule has 0 bridgehead atoms. The van der Waals surface area contributed by atoms with Gasteiger partial charge in [0.25, 0.3) is 0 Å². The van der Waals surface area contributed by atoms with Crippen LogP contribution in [0, 0.1) is 6.92 Å². The Kier molecular flexibility index (Phi) is 2.78. The molecule has 0 saturated heterocycles. The fourth-order valence-corrected chi connectivity index (χ4v) is 1.83. The van der Waals surface area contributed by atoms with Gasteiger partial charge in [0.15, 0.2) is 17.8 Å². The van der Waals surface area contributed by atoms with Gasteiger partial charge in [0.05, 0.1) is 0 Å². The molecule has 0 aliphatic carbocycles. The molecule has 0 atom stereocenters. The van der Waals surface area contributed by atoms with Crippen LogP contribution in [0.25, 0.3) is 11.3 Å². The lowest BCUT2D eigenvalue weighted by molar-refractivity contribution is 0.0691. The van der Waals surface area contributed by atoms with Gasteiger partial charge in [-0.2, -0.15) is 0 Å². The first-order valence-electron chi connectivity index (χ1n) is 4.53. The lowest BCUT2D eigenvalue weighted by Gasteiger charge is -2.03. The van der Waals surface area contributed by atoms with Crippen LogP contribution in [0.3, 0.4) is 0 Å². The van der Waals surface area contributed by atoms with Gasteiger partial charge in [-0.05, 0) is 19.1 Å². The van der Waals surface area contributed by atoms with Crippen molar-refractivity contribution in [3.63, 3.8) is 0 Å². The van der Waals surface area contributed by atoms with E-state index >= 15 is 0 Å². The summed E-state index contributed by atoms with van der Waals surface area (Å²) < 4.78 is 5.90. The third-order valence-corrected chi connectivity index (χ3v) is 2.83. The van der Waals surface area contributed by atoms with Crippen LogP contribution in [0.4, 0.5) is 0 Å². The van der Waals surface area contributed by atoms with E-state index in [1.165, 1.54) is 0 Å². The number of aromatic nitrogens is 1.